The lowest BCUT2D eigenvalue weighted by Crippen LogP contribution is -2.41. The summed E-state index contributed by atoms with van der Waals surface area (Å²) in [5, 5.41) is 8.96. The van der Waals surface area contributed by atoms with E-state index in [1.165, 1.54) is 4.88 Å². The fraction of sp³-hybridized carbons (Fsp3) is 0.526. The van der Waals surface area contributed by atoms with Gasteiger partial charge in [0.25, 0.3) is 0 Å². The molecule has 1 saturated heterocycles. The number of guanidine groups is 1. The molecule has 2 aromatic rings. The minimum absolute atomic E-state index is 0.122. The third-order valence-corrected chi connectivity index (χ3v) is 5.30. The highest BCUT2D eigenvalue weighted by Crippen LogP contribution is 2.25. The van der Waals surface area contributed by atoms with Crippen molar-refractivity contribution in [3.8, 4) is 0 Å². The van der Waals surface area contributed by atoms with Crippen LogP contribution in [-0.2, 0) is 17.6 Å². The lowest BCUT2D eigenvalue weighted by molar-refractivity contribution is 0.0283. The highest BCUT2D eigenvalue weighted by molar-refractivity contribution is 7.09. The van der Waals surface area contributed by atoms with Crippen LogP contribution in [0.5, 0.6) is 0 Å². The lowest BCUT2D eigenvalue weighted by Gasteiger charge is -2.21. The number of aliphatic imine (C=N–C) groups is 1. The molecule has 0 aliphatic carbocycles. The number of ether oxygens (including phenoxy) is 1. The summed E-state index contributed by atoms with van der Waals surface area (Å²) < 4.78 is 11.2. The second-order valence-corrected chi connectivity index (χ2v) is 7.61. The smallest absolute Gasteiger partial charge is 0.191 e. The fourth-order valence-corrected chi connectivity index (χ4v) is 3.61. The monoisotopic (exact) mass is 361 g/mol. The van der Waals surface area contributed by atoms with Crippen molar-refractivity contribution >= 4 is 17.3 Å². The predicted molar refractivity (Wildman–Crippen MR) is 102 cm³/mol. The molecule has 0 spiro atoms. The summed E-state index contributed by atoms with van der Waals surface area (Å²) in [7, 11) is 0. The van der Waals surface area contributed by atoms with Gasteiger partial charge in [-0.1, -0.05) is 6.07 Å². The molecule has 5 nitrogen and oxygen atoms in total. The summed E-state index contributed by atoms with van der Waals surface area (Å²) in [6.45, 7) is 5.33. The standard InChI is InChI=1S/C19H27N3O2S/c1-19(9-4-13-24-19)15-22-18(20-10-7-16-5-2-12-23-16)21-11-8-17-6-3-14-25-17/h2-3,5-6,12,14H,4,7-11,13,15H2,1H3,(H2,20,21,22). The van der Waals surface area contributed by atoms with E-state index in [2.05, 4.69) is 35.1 Å². The van der Waals surface area contributed by atoms with Gasteiger partial charge in [0.05, 0.1) is 18.4 Å². The van der Waals surface area contributed by atoms with E-state index in [0.29, 0.717) is 6.54 Å². The van der Waals surface area contributed by atoms with Crippen LogP contribution in [0.15, 0.2) is 45.3 Å². The molecule has 1 fully saturated rings. The van der Waals surface area contributed by atoms with Gasteiger partial charge in [-0.15, -0.1) is 11.3 Å². The Bertz CT molecular complexity index is 589. The van der Waals surface area contributed by atoms with Crippen LogP contribution in [0.25, 0.3) is 0 Å². The van der Waals surface area contributed by atoms with Gasteiger partial charge in [-0.2, -0.15) is 0 Å². The first-order valence-electron chi connectivity index (χ1n) is 8.94. The molecule has 2 N–H and O–H groups in total. The number of nitrogens with one attached hydrogen (secondary N) is 2. The van der Waals surface area contributed by atoms with Crippen LogP contribution in [0.1, 0.15) is 30.4 Å². The molecule has 136 valence electrons. The van der Waals surface area contributed by atoms with Crippen molar-refractivity contribution in [2.45, 2.75) is 38.2 Å². The summed E-state index contributed by atoms with van der Waals surface area (Å²) in [4.78, 5) is 6.14. The summed E-state index contributed by atoms with van der Waals surface area (Å²) in [5.74, 6) is 1.83. The summed E-state index contributed by atoms with van der Waals surface area (Å²) in [6, 6.07) is 8.17. The first-order chi connectivity index (χ1) is 12.2. The molecule has 6 heteroatoms. The van der Waals surface area contributed by atoms with Gasteiger partial charge in [0.2, 0.25) is 0 Å². The van der Waals surface area contributed by atoms with E-state index >= 15 is 0 Å². The zero-order valence-corrected chi connectivity index (χ0v) is 15.6. The van der Waals surface area contributed by atoms with Gasteiger partial charge in [0.1, 0.15) is 5.76 Å². The van der Waals surface area contributed by atoms with Crippen LogP contribution in [0, 0.1) is 0 Å². The first kappa shape index (κ1) is 18.0. The zero-order chi connectivity index (χ0) is 17.4. The van der Waals surface area contributed by atoms with Crippen LogP contribution in [0.4, 0.5) is 0 Å². The number of hydrogen-bond donors (Lipinski definition) is 2. The Labute approximate surface area is 153 Å². The third-order valence-electron chi connectivity index (χ3n) is 4.36. The van der Waals surface area contributed by atoms with Crippen molar-refractivity contribution in [2.24, 2.45) is 4.99 Å². The number of hydrogen-bond acceptors (Lipinski definition) is 4. The topological polar surface area (TPSA) is 58.8 Å². The average molecular weight is 362 g/mol. The van der Waals surface area contributed by atoms with Gasteiger partial charge in [0, 0.05) is 31.0 Å². The molecule has 0 radical (unpaired) electrons. The Balaban J connectivity index is 1.50. The average Bonchev–Trinajstić information content (AvgIpc) is 3.35. The summed E-state index contributed by atoms with van der Waals surface area (Å²) in [6.07, 6.45) is 5.75. The van der Waals surface area contributed by atoms with Crippen molar-refractivity contribution in [3.05, 3.63) is 46.5 Å². The Hall–Kier alpha value is -1.79. The molecule has 3 rings (SSSR count). The van der Waals surface area contributed by atoms with Gasteiger partial charge in [-0.3, -0.25) is 4.99 Å². The summed E-state index contributed by atoms with van der Waals surface area (Å²) in [5.41, 5.74) is -0.122. The molecule has 1 atom stereocenters. The Kier molecular flexibility index (Phi) is 6.53. The van der Waals surface area contributed by atoms with E-state index in [-0.39, 0.29) is 5.60 Å². The Morgan fingerprint density at radius 2 is 2.12 bits per heavy atom. The molecule has 0 aromatic carbocycles. The SMILES string of the molecule is CC1(CN=C(NCCc2ccco2)NCCc2cccs2)CCCO1. The number of furan rings is 1. The van der Waals surface area contributed by atoms with Crippen molar-refractivity contribution in [1.29, 1.82) is 0 Å². The van der Waals surface area contributed by atoms with Gasteiger partial charge in [0.15, 0.2) is 5.96 Å². The zero-order valence-electron chi connectivity index (χ0n) is 14.8. The normalized spacial score (nSPS) is 20.8. The van der Waals surface area contributed by atoms with Gasteiger partial charge < -0.3 is 19.8 Å². The van der Waals surface area contributed by atoms with Crippen molar-refractivity contribution in [3.63, 3.8) is 0 Å². The van der Waals surface area contributed by atoms with Crippen LogP contribution in [-0.4, -0.2) is 37.8 Å². The van der Waals surface area contributed by atoms with E-state index in [9.17, 15) is 0 Å². The molecule has 1 aliphatic heterocycles. The molecule has 2 aromatic heterocycles. The second-order valence-electron chi connectivity index (χ2n) is 6.58. The van der Waals surface area contributed by atoms with Gasteiger partial charge >= 0.3 is 0 Å². The maximum atomic E-state index is 5.84. The van der Waals surface area contributed by atoms with E-state index < -0.39 is 0 Å². The molecule has 25 heavy (non-hydrogen) atoms. The minimum atomic E-state index is -0.122. The van der Waals surface area contributed by atoms with Crippen LogP contribution in [0.3, 0.4) is 0 Å². The summed E-state index contributed by atoms with van der Waals surface area (Å²) >= 11 is 1.79. The van der Waals surface area contributed by atoms with Crippen molar-refractivity contribution in [1.82, 2.24) is 10.6 Å². The van der Waals surface area contributed by atoms with Crippen LogP contribution >= 0.6 is 11.3 Å². The lowest BCUT2D eigenvalue weighted by atomic mass is 10.0. The molecular formula is C19H27N3O2S. The predicted octanol–water partition coefficient (Wildman–Crippen LogP) is 3.23. The van der Waals surface area contributed by atoms with Gasteiger partial charge in [-0.25, -0.2) is 0 Å². The quantitative estimate of drug-likeness (QED) is 0.560. The largest absolute Gasteiger partial charge is 0.469 e. The molecule has 0 bridgehead atoms. The van der Waals surface area contributed by atoms with Crippen LogP contribution < -0.4 is 10.6 Å². The van der Waals surface area contributed by atoms with Crippen molar-refractivity contribution in [2.75, 3.05) is 26.2 Å². The molecule has 0 saturated carbocycles. The molecule has 3 heterocycles. The second kappa shape index (κ2) is 9.06. The minimum Gasteiger partial charge on any atom is -0.469 e. The van der Waals surface area contributed by atoms with E-state index in [4.69, 9.17) is 14.1 Å². The highest BCUT2D eigenvalue weighted by atomic mass is 32.1. The Morgan fingerprint density at radius 3 is 2.80 bits per heavy atom. The van der Waals surface area contributed by atoms with E-state index in [0.717, 1.165) is 57.1 Å². The molecular weight excluding hydrogens is 334 g/mol. The molecule has 1 aliphatic rings. The maximum absolute atomic E-state index is 5.84. The number of thiophene rings is 1. The first-order valence-corrected chi connectivity index (χ1v) is 9.82. The molecule has 0 amide bonds. The fourth-order valence-electron chi connectivity index (χ4n) is 2.90. The molecule has 1 unspecified atom stereocenters. The third kappa shape index (κ3) is 5.90. The van der Waals surface area contributed by atoms with E-state index in [1.807, 2.05) is 12.1 Å². The Morgan fingerprint density at radius 1 is 1.24 bits per heavy atom. The number of rotatable bonds is 8. The maximum Gasteiger partial charge on any atom is 0.191 e. The highest BCUT2D eigenvalue weighted by Gasteiger charge is 2.29. The van der Waals surface area contributed by atoms with Crippen LogP contribution in [0.2, 0.25) is 0 Å². The van der Waals surface area contributed by atoms with Gasteiger partial charge in [-0.05, 0) is 49.8 Å². The number of nitrogens with zero attached hydrogens (tertiary/aromatic N) is 1. The van der Waals surface area contributed by atoms with E-state index in [1.54, 1.807) is 17.6 Å². The van der Waals surface area contributed by atoms with Crippen molar-refractivity contribution < 1.29 is 9.15 Å².